The van der Waals surface area contributed by atoms with Gasteiger partial charge in [-0.2, -0.15) is 0 Å². The SMILES string of the molecule is CC1OC2(C(=O)Nc3ccc4ccccc4c3)CC1C2. The number of fused-ring (bicyclic) bond motifs is 2. The maximum absolute atomic E-state index is 12.4. The number of hydrogen-bond acceptors (Lipinski definition) is 2. The summed E-state index contributed by atoms with van der Waals surface area (Å²) in [7, 11) is 0. The summed E-state index contributed by atoms with van der Waals surface area (Å²) < 4.78 is 5.83. The zero-order valence-electron chi connectivity index (χ0n) is 11.4. The summed E-state index contributed by atoms with van der Waals surface area (Å²) in [6.07, 6.45) is 1.96. The molecule has 0 aromatic heterocycles. The lowest BCUT2D eigenvalue weighted by Crippen LogP contribution is -2.47. The van der Waals surface area contributed by atoms with E-state index in [1.807, 2.05) is 30.3 Å². The summed E-state index contributed by atoms with van der Waals surface area (Å²) in [4.78, 5) is 12.4. The minimum atomic E-state index is -0.560. The number of nitrogens with one attached hydrogen (secondary N) is 1. The Morgan fingerprint density at radius 3 is 2.65 bits per heavy atom. The van der Waals surface area contributed by atoms with Gasteiger partial charge in [-0.1, -0.05) is 30.3 Å². The highest BCUT2D eigenvalue weighted by molar-refractivity contribution is 6.00. The number of benzene rings is 2. The van der Waals surface area contributed by atoms with Crippen LogP contribution in [-0.4, -0.2) is 17.6 Å². The summed E-state index contributed by atoms with van der Waals surface area (Å²) in [5, 5.41) is 5.32. The van der Waals surface area contributed by atoms with Crippen LogP contribution in [-0.2, 0) is 9.53 Å². The molecule has 3 nitrogen and oxygen atoms in total. The molecule has 2 aromatic rings. The predicted octanol–water partition coefficient (Wildman–Crippen LogP) is 3.35. The van der Waals surface area contributed by atoms with Crippen LogP contribution in [0.2, 0.25) is 0 Å². The van der Waals surface area contributed by atoms with E-state index in [-0.39, 0.29) is 12.0 Å². The van der Waals surface area contributed by atoms with Crippen LogP contribution in [0, 0.1) is 5.92 Å². The Morgan fingerprint density at radius 2 is 1.95 bits per heavy atom. The number of carbonyl (C=O) groups excluding carboxylic acids is 1. The number of rotatable bonds is 2. The van der Waals surface area contributed by atoms with Crippen LogP contribution in [0.1, 0.15) is 19.8 Å². The van der Waals surface area contributed by atoms with Crippen molar-refractivity contribution in [3.05, 3.63) is 42.5 Å². The van der Waals surface area contributed by atoms with Crippen molar-refractivity contribution in [1.82, 2.24) is 0 Å². The van der Waals surface area contributed by atoms with Crippen molar-refractivity contribution in [2.75, 3.05) is 5.32 Å². The Kier molecular flexibility index (Phi) is 2.42. The van der Waals surface area contributed by atoms with E-state index in [2.05, 4.69) is 24.4 Å². The predicted molar refractivity (Wildman–Crippen MR) is 78.6 cm³/mol. The third kappa shape index (κ3) is 1.66. The van der Waals surface area contributed by atoms with Crippen LogP contribution in [0.15, 0.2) is 42.5 Å². The van der Waals surface area contributed by atoms with E-state index in [4.69, 9.17) is 4.74 Å². The fraction of sp³-hybridized carbons (Fsp3) is 0.353. The van der Waals surface area contributed by atoms with Crippen molar-refractivity contribution in [3.63, 3.8) is 0 Å². The van der Waals surface area contributed by atoms with Gasteiger partial charge in [-0.3, -0.25) is 4.79 Å². The first kappa shape index (κ1) is 11.9. The van der Waals surface area contributed by atoms with Crippen LogP contribution in [0.25, 0.3) is 10.8 Å². The van der Waals surface area contributed by atoms with Crippen molar-refractivity contribution in [2.45, 2.75) is 31.5 Å². The molecule has 3 heteroatoms. The zero-order valence-corrected chi connectivity index (χ0v) is 11.4. The Morgan fingerprint density at radius 1 is 1.20 bits per heavy atom. The van der Waals surface area contributed by atoms with E-state index in [1.54, 1.807) is 0 Å². The van der Waals surface area contributed by atoms with Gasteiger partial charge in [-0.05, 0) is 48.6 Å². The van der Waals surface area contributed by atoms with Crippen molar-refractivity contribution in [1.29, 1.82) is 0 Å². The molecule has 0 radical (unpaired) electrons. The third-order valence-corrected chi connectivity index (χ3v) is 4.68. The van der Waals surface area contributed by atoms with E-state index in [0.29, 0.717) is 5.92 Å². The number of carbonyl (C=O) groups is 1. The molecule has 2 saturated heterocycles. The third-order valence-electron chi connectivity index (χ3n) is 4.68. The fourth-order valence-electron chi connectivity index (χ4n) is 3.42. The molecule has 3 aliphatic rings. The monoisotopic (exact) mass is 267 g/mol. The minimum Gasteiger partial charge on any atom is -0.362 e. The Hall–Kier alpha value is -1.87. The van der Waals surface area contributed by atoms with Crippen LogP contribution < -0.4 is 5.32 Å². The van der Waals surface area contributed by atoms with E-state index in [9.17, 15) is 4.79 Å². The highest BCUT2D eigenvalue weighted by atomic mass is 16.5. The molecule has 1 N–H and O–H groups in total. The Balaban J connectivity index is 1.57. The van der Waals surface area contributed by atoms with Crippen molar-refractivity contribution in [3.8, 4) is 0 Å². The number of hydrogen-bond donors (Lipinski definition) is 1. The van der Waals surface area contributed by atoms with Crippen molar-refractivity contribution in [2.24, 2.45) is 5.92 Å². The van der Waals surface area contributed by atoms with Gasteiger partial charge < -0.3 is 10.1 Å². The van der Waals surface area contributed by atoms with Gasteiger partial charge in [0, 0.05) is 5.69 Å². The molecule has 0 spiro atoms. The van der Waals surface area contributed by atoms with Crippen molar-refractivity contribution >= 4 is 22.4 Å². The highest BCUT2D eigenvalue weighted by Gasteiger charge is 2.60. The van der Waals surface area contributed by atoms with Gasteiger partial charge in [-0.15, -0.1) is 0 Å². The smallest absolute Gasteiger partial charge is 0.256 e. The molecule has 102 valence electrons. The number of anilines is 1. The standard InChI is InChI=1S/C17H17NO2/c1-11-14-9-17(10-14,20-11)16(19)18-15-7-6-12-4-2-3-5-13(12)8-15/h2-8,11,14H,9-10H2,1H3,(H,18,19). The normalized spacial score (nSPS) is 31.1. The lowest BCUT2D eigenvalue weighted by molar-refractivity contribution is -0.139. The minimum absolute atomic E-state index is 0.00776. The molecule has 1 saturated carbocycles. The van der Waals surface area contributed by atoms with Gasteiger partial charge in [0.15, 0.2) is 0 Å². The van der Waals surface area contributed by atoms with Gasteiger partial charge in [0.05, 0.1) is 6.10 Å². The first-order valence-electron chi connectivity index (χ1n) is 7.14. The fourth-order valence-corrected chi connectivity index (χ4v) is 3.42. The van der Waals surface area contributed by atoms with Gasteiger partial charge >= 0.3 is 0 Å². The average Bonchev–Trinajstić information content (AvgIpc) is 2.91. The van der Waals surface area contributed by atoms with Gasteiger partial charge in [-0.25, -0.2) is 0 Å². The maximum Gasteiger partial charge on any atom is 0.256 e. The largest absolute Gasteiger partial charge is 0.362 e. The zero-order chi connectivity index (χ0) is 13.7. The van der Waals surface area contributed by atoms with Crippen LogP contribution in [0.5, 0.6) is 0 Å². The molecule has 2 bridgehead atoms. The second-order valence-corrected chi connectivity index (χ2v) is 6.00. The molecule has 1 atom stereocenters. The molecule has 1 aliphatic carbocycles. The molecule has 20 heavy (non-hydrogen) atoms. The molecule has 2 aliphatic heterocycles. The molecular formula is C17H17NO2. The molecule has 1 unspecified atom stereocenters. The molecule has 3 fully saturated rings. The summed E-state index contributed by atoms with van der Waals surface area (Å²) in [6, 6.07) is 14.1. The van der Waals surface area contributed by atoms with Crippen LogP contribution >= 0.6 is 0 Å². The highest BCUT2D eigenvalue weighted by Crippen LogP contribution is 2.52. The lowest BCUT2D eigenvalue weighted by atomic mass is 9.72. The second kappa shape index (κ2) is 4.06. The molecule has 1 amide bonds. The van der Waals surface area contributed by atoms with E-state index >= 15 is 0 Å². The second-order valence-electron chi connectivity index (χ2n) is 6.00. The quantitative estimate of drug-likeness (QED) is 0.906. The first-order valence-corrected chi connectivity index (χ1v) is 7.14. The number of ether oxygens (including phenoxy) is 1. The lowest BCUT2D eigenvalue weighted by Gasteiger charge is -2.34. The number of amides is 1. The van der Waals surface area contributed by atoms with Crippen LogP contribution in [0.4, 0.5) is 5.69 Å². The van der Waals surface area contributed by atoms with Crippen molar-refractivity contribution < 1.29 is 9.53 Å². The summed E-state index contributed by atoms with van der Waals surface area (Å²) >= 11 is 0. The Labute approximate surface area is 117 Å². The summed E-state index contributed by atoms with van der Waals surface area (Å²) in [5.41, 5.74) is 0.283. The molecule has 2 aromatic carbocycles. The molecule has 5 rings (SSSR count). The average molecular weight is 267 g/mol. The van der Waals surface area contributed by atoms with E-state index in [0.717, 1.165) is 23.9 Å². The molecular weight excluding hydrogens is 250 g/mol. The maximum atomic E-state index is 12.4. The van der Waals surface area contributed by atoms with E-state index < -0.39 is 5.60 Å². The molecule has 2 heterocycles. The topological polar surface area (TPSA) is 38.3 Å². The summed E-state index contributed by atoms with van der Waals surface area (Å²) in [6.45, 7) is 2.06. The summed E-state index contributed by atoms with van der Waals surface area (Å²) in [5.74, 6) is 0.575. The van der Waals surface area contributed by atoms with Crippen LogP contribution in [0.3, 0.4) is 0 Å². The van der Waals surface area contributed by atoms with Gasteiger partial charge in [0.1, 0.15) is 5.60 Å². The Bertz CT molecular complexity index is 688. The van der Waals surface area contributed by atoms with E-state index in [1.165, 1.54) is 5.39 Å². The van der Waals surface area contributed by atoms with Gasteiger partial charge in [0.2, 0.25) is 0 Å². The first-order chi connectivity index (χ1) is 9.66. The van der Waals surface area contributed by atoms with Gasteiger partial charge in [0.25, 0.3) is 5.91 Å².